The van der Waals surface area contributed by atoms with Crippen molar-refractivity contribution in [2.24, 2.45) is 11.8 Å². The number of hydrogen-bond acceptors (Lipinski definition) is 4. The van der Waals surface area contributed by atoms with E-state index in [0.29, 0.717) is 5.75 Å². The van der Waals surface area contributed by atoms with E-state index in [9.17, 15) is 15.0 Å². The van der Waals surface area contributed by atoms with Crippen molar-refractivity contribution < 1.29 is 19.7 Å². The van der Waals surface area contributed by atoms with Gasteiger partial charge in [-0.25, -0.2) is 0 Å². The van der Waals surface area contributed by atoms with Gasteiger partial charge in [-0.05, 0) is 51.0 Å². The number of phenolic OH excluding ortho intramolecular Hbond substituents is 2. The Hall–Kier alpha value is -3.01. The fraction of sp³-hybridized carbons (Fsp3) is 0.346. The van der Waals surface area contributed by atoms with Gasteiger partial charge in [0.25, 0.3) is 0 Å². The molecule has 2 N–H and O–H groups in total. The second-order valence-electron chi connectivity index (χ2n) is 8.26. The molecule has 0 saturated heterocycles. The lowest BCUT2D eigenvalue weighted by atomic mass is 9.65. The number of hydrogen-bond donors (Lipinski definition) is 2. The summed E-state index contributed by atoms with van der Waals surface area (Å²) in [6.07, 6.45) is 5.86. The molecule has 0 saturated carbocycles. The van der Waals surface area contributed by atoms with Crippen molar-refractivity contribution >= 4 is 5.78 Å². The molecule has 0 spiro atoms. The molecular weight excluding hydrogens is 376 g/mol. The Labute approximate surface area is 178 Å². The lowest BCUT2D eigenvalue weighted by molar-refractivity contribution is 0.0844. The van der Waals surface area contributed by atoms with Crippen LogP contribution in [0.1, 0.15) is 55.5 Å². The average Bonchev–Trinajstić information content (AvgIpc) is 2.72. The lowest BCUT2D eigenvalue weighted by Crippen LogP contribution is -2.33. The van der Waals surface area contributed by atoms with Crippen LogP contribution in [-0.2, 0) is 0 Å². The van der Waals surface area contributed by atoms with Crippen LogP contribution >= 0.6 is 0 Å². The van der Waals surface area contributed by atoms with Crippen molar-refractivity contribution in [2.75, 3.05) is 7.11 Å². The molecule has 0 bridgehead atoms. The first kappa shape index (κ1) is 21.7. The summed E-state index contributed by atoms with van der Waals surface area (Å²) in [4.78, 5) is 13.8. The second-order valence-corrected chi connectivity index (χ2v) is 8.26. The lowest BCUT2D eigenvalue weighted by Gasteiger charge is -2.37. The van der Waals surface area contributed by atoms with Crippen LogP contribution in [0.25, 0.3) is 0 Å². The predicted molar refractivity (Wildman–Crippen MR) is 119 cm³/mol. The zero-order chi connectivity index (χ0) is 21.8. The van der Waals surface area contributed by atoms with Crippen molar-refractivity contribution in [2.45, 2.75) is 39.5 Å². The molecule has 30 heavy (non-hydrogen) atoms. The fourth-order valence-electron chi connectivity index (χ4n) is 4.40. The smallest absolute Gasteiger partial charge is 0.174 e. The van der Waals surface area contributed by atoms with E-state index in [-0.39, 0.29) is 34.7 Å². The summed E-state index contributed by atoms with van der Waals surface area (Å²) in [6.45, 7) is 6.17. The molecule has 4 nitrogen and oxygen atoms in total. The van der Waals surface area contributed by atoms with Gasteiger partial charge in [-0.2, -0.15) is 0 Å². The molecule has 158 valence electrons. The monoisotopic (exact) mass is 406 g/mol. The van der Waals surface area contributed by atoms with Crippen LogP contribution in [0.3, 0.4) is 0 Å². The molecule has 0 radical (unpaired) electrons. The third-order valence-corrected chi connectivity index (χ3v) is 6.01. The van der Waals surface area contributed by atoms with Crippen molar-refractivity contribution in [1.82, 2.24) is 0 Å². The molecule has 1 aliphatic rings. The largest absolute Gasteiger partial charge is 0.507 e. The van der Waals surface area contributed by atoms with Gasteiger partial charge in [0.1, 0.15) is 22.8 Å². The van der Waals surface area contributed by atoms with Crippen LogP contribution in [0, 0.1) is 11.8 Å². The maximum absolute atomic E-state index is 13.8. The average molecular weight is 407 g/mol. The highest BCUT2D eigenvalue weighted by Gasteiger charge is 2.40. The number of carbonyl (C=O) groups is 1. The van der Waals surface area contributed by atoms with E-state index in [1.165, 1.54) is 30.4 Å². The van der Waals surface area contributed by atoms with E-state index in [1.54, 1.807) is 0 Å². The summed E-state index contributed by atoms with van der Waals surface area (Å²) in [5.41, 5.74) is 3.43. The number of phenols is 2. The van der Waals surface area contributed by atoms with Gasteiger partial charge in [-0.15, -0.1) is 0 Å². The number of Topliss-reactive ketones (excluding diaryl/α,β-unsaturated/α-hetero) is 1. The van der Waals surface area contributed by atoms with E-state index in [4.69, 9.17) is 4.74 Å². The summed E-state index contributed by atoms with van der Waals surface area (Å²) >= 11 is 0. The molecular formula is C26H30O4. The van der Waals surface area contributed by atoms with Crippen molar-refractivity contribution in [3.05, 3.63) is 76.9 Å². The maximum Gasteiger partial charge on any atom is 0.174 e. The summed E-state index contributed by atoms with van der Waals surface area (Å²) in [5, 5.41) is 21.1. The number of ether oxygens (including phenoxy) is 1. The molecule has 2 aromatic carbocycles. The second kappa shape index (κ2) is 9.21. The minimum absolute atomic E-state index is 0.00717. The Kier molecular flexibility index (Phi) is 6.66. The molecule has 0 aromatic heterocycles. The van der Waals surface area contributed by atoms with E-state index >= 15 is 0 Å². The number of rotatable bonds is 6. The molecule has 0 aliphatic heterocycles. The van der Waals surface area contributed by atoms with E-state index in [0.717, 1.165) is 18.4 Å². The highest BCUT2D eigenvalue weighted by molar-refractivity contribution is 6.03. The quantitative estimate of drug-likeness (QED) is 0.455. The van der Waals surface area contributed by atoms with Gasteiger partial charge in [0.2, 0.25) is 0 Å². The van der Waals surface area contributed by atoms with E-state index in [1.807, 2.05) is 30.3 Å². The van der Waals surface area contributed by atoms with Crippen LogP contribution in [0.2, 0.25) is 0 Å². The first-order valence-electron chi connectivity index (χ1n) is 10.3. The van der Waals surface area contributed by atoms with Gasteiger partial charge in [0.15, 0.2) is 5.78 Å². The Morgan fingerprint density at radius 2 is 1.77 bits per heavy atom. The Morgan fingerprint density at radius 1 is 1.13 bits per heavy atom. The minimum Gasteiger partial charge on any atom is -0.507 e. The van der Waals surface area contributed by atoms with Gasteiger partial charge in [-0.3, -0.25) is 4.79 Å². The number of carbonyl (C=O) groups excluding carboxylic acids is 1. The van der Waals surface area contributed by atoms with Gasteiger partial charge in [-0.1, -0.05) is 53.6 Å². The normalized spacial score (nSPS) is 20.9. The summed E-state index contributed by atoms with van der Waals surface area (Å²) in [7, 11) is 1.45. The Morgan fingerprint density at radius 3 is 2.33 bits per heavy atom. The van der Waals surface area contributed by atoms with Crippen LogP contribution in [-0.4, -0.2) is 23.1 Å². The number of allylic oxidation sites excluding steroid dienone is 4. The van der Waals surface area contributed by atoms with Gasteiger partial charge in [0.05, 0.1) is 7.11 Å². The summed E-state index contributed by atoms with van der Waals surface area (Å²) in [5.74, 6) is -0.860. The minimum atomic E-state index is -0.391. The van der Waals surface area contributed by atoms with Gasteiger partial charge >= 0.3 is 0 Å². The van der Waals surface area contributed by atoms with Crippen molar-refractivity contribution in [1.29, 1.82) is 0 Å². The molecule has 3 rings (SSSR count). The molecule has 2 aromatic rings. The molecule has 1 aliphatic carbocycles. The van der Waals surface area contributed by atoms with Crippen molar-refractivity contribution in [3.8, 4) is 17.2 Å². The van der Waals surface area contributed by atoms with E-state index < -0.39 is 5.92 Å². The number of ketones is 1. The molecule has 0 heterocycles. The standard InChI is InChI=1S/C26H30O4/c1-16(2)10-12-20-17(3)11-13-21(18-8-6-5-7-9-18)24(20)26(29)25-22(27)14-19(30-4)15-23(25)28/h5-11,14-15,20-21,24,27-28H,12-13H2,1-4H3/t20-,21-,24+/m1/s1. The summed E-state index contributed by atoms with van der Waals surface area (Å²) in [6, 6.07) is 12.8. The van der Waals surface area contributed by atoms with Crippen molar-refractivity contribution in [3.63, 3.8) is 0 Å². The zero-order valence-corrected chi connectivity index (χ0v) is 18.1. The van der Waals surface area contributed by atoms with Gasteiger partial charge < -0.3 is 14.9 Å². The molecule has 0 amide bonds. The third kappa shape index (κ3) is 4.43. The van der Waals surface area contributed by atoms with Crippen LogP contribution in [0.4, 0.5) is 0 Å². The highest BCUT2D eigenvalue weighted by atomic mass is 16.5. The van der Waals surface area contributed by atoms with Gasteiger partial charge in [0, 0.05) is 18.1 Å². The predicted octanol–water partition coefficient (Wildman–Crippen LogP) is 6.01. The van der Waals surface area contributed by atoms with Crippen LogP contribution < -0.4 is 4.74 Å². The van der Waals surface area contributed by atoms with Crippen LogP contribution in [0.5, 0.6) is 17.2 Å². The summed E-state index contributed by atoms with van der Waals surface area (Å²) < 4.78 is 5.10. The Bertz CT molecular complexity index is 945. The number of benzene rings is 2. The topological polar surface area (TPSA) is 66.8 Å². The highest BCUT2D eigenvalue weighted by Crippen LogP contribution is 2.47. The van der Waals surface area contributed by atoms with E-state index in [2.05, 4.69) is 32.9 Å². The first-order chi connectivity index (χ1) is 14.3. The maximum atomic E-state index is 13.8. The zero-order valence-electron chi connectivity index (χ0n) is 18.1. The molecule has 0 unspecified atom stereocenters. The number of methoxy groups -OCH3 is 1. The van der Waals surface area contributed by atoms with Crippen LogP contribution in [0.15, 0.2) is 65.8 Å². The number of aromatic hydroxyl groups is 2. The molecule has 3 atom stereocenters. The SMILES string of the molecule is COc1cc(O)c(C(=O)[C@H]2[C@H](CC=C(C)C)C(C)=CC[C@@H]2c2ccccc2)c(O)c1. The third-order valence-electron chi connectivity index (χ3n) is 6.01. The first-order valence-corrected chi connectivity index (χ1v) is 10.3. The fourth-order valence-corrected chi connectivity index (χ4v) is 4.40. The molecule has 0 fully saturated rings. The molecule has 4 heteroatoms. The Balaban J connectivity index is 2.11.